The molecule has 1 fully saturated rings. The van der Waals surface area contributed by atoms with Crippen molar-refractivity contribution in [2.24, 2.45) is 0 Å². The van der Waals surface area contributed by atoms with Crippen LogP contribution < -0.4 is 0 Å². The molecule has 1 rings (SSSR count). The third kappa shape index (κ3) is 3.77. The lowest BCUT2D eigenvalue weighted by Crippen LogP contribution is -2.54. The Kier molecular flexibility index (Phi) is 4.07. The number of esters is 1. The van der Waals surface area contributed by atoms with E-state index in [9.17, 15) is 9.90 Å². The van der Waals surface area contributed by atoms with Crippen LogP contribution >= 0.6 is 0 Å². The van der Waals surface area contributed by atoms with Crippen molar-refractivity contribution in [1.29, 1.82) is 0 Å². The summed E-state index contributed by atoms with van der Waals surface area (Å²) in [7, 11) is 1.36. The second-order valence-electron chi connectivity index (χ2n) is 4.40. The molecule has 0 aliphatic carbocycles. The van der Waals surface area contributed by atoms with Crippen molar-refractivity contribution in [3.05, 3.63) is 0 Å². The van der Waals surface area contributed by atoms with Gasteiger partial charge < -0.3 is 14.6 Å². The zero-order valence-electron chi connectivity index (χ0n) is 9.52. The van der Waals surface area contributed by atoms with Crippen LogP contribution in [0.15, 0.2) is 0 Å². The summed E-state index contributed by atoms with van der Waals surface area (Å²) < 4.78 is 9.92. The molecular weight excluding hydrogens is 198 g/mol. The Morgan fingerprint density at radius 1 is 1.67 bits per heavy atom. The highest BCUT2D eigenvalue weighted by Gasteiger charge is 2.33. The molecule has 0 saturated carbocycles. The highest BCUT2D eigenvalue weighted by Crippen LogP contribution is 2.13. The van der Waals surface area contributed by atoms with Crippen LogP contribution in [-0.2, 0) is 14.3 Å². The number of hydrogen-bond acceptors (Lipinski definition) is 5. The third-order valence-electron chi connectivity index (χ3n) is 2.30. The highest BCUT2D eigenvalue weighted by atomic mass is 16.5. The lowest BCUT2D eigenvalue weighted by molar-refractivity contribution is -0.155. The molecular formula is C10H19NO4. The topological polar surface area (TPSA) is 59.0 Å². The van der Waals surface area contributed by atoms with E-state index in [2.05, 4.69) is 0 Å². The number of methoxy groups -OCH3 is 1. The molecule has 1 N–H and O–H groups in total. The fraction of sp³-hybridized carbons (Fsp3) is 0.900. The molecule has 1 aliphatic heterocycles. The first-order valence-corrected chi connectivity index (χ1v) is 5.06. The molecule has 0 aromatic carbocycles. The summed E-state index contributed by atoms with van der Waals surface area (Å²) in [5, 5.41) is 9.71. The van der Waals surface area contributed by atoms with E-state index >= 15 is 0 Å². The van der Waals surface area contributed by atoms with Crippen molar-refractivity contribution < 1.29 is 19.4 Å². The van der Waals surface area contributed by atoms with Crippen LogP contribution in [0.5, 0.6) is 0 Å². The number of carbonyl (C=O) groups excluding carboxylic acids is 1. The lowest BCUT2D eigenvalue weighted by Gasteiger charge is -2.36. The fourth-order valence-corrected chi connectivity index (χ4v) is 1.68. The molecule has 0 radical (unpaired) electrons. The van der Waals surface area contributed by atoms with E-state index in [0.717, 1.165) is 0 Å². The van der Waals surface area contributed by atoms with Crippen LogP contribution in [0, 0.1) is 0 Å². The van der Waals surface area contributed by atoms with Gasteiger partial charge in [-0.05, 0) is 13.8 Å². The van der Waals surface area contributed by atoms with Crippen molar-refractivity contribution >= 4 is 5.97 Å². The van der Waals surface area contributed by atoms with Crippen LogP contribution in [0.2, 0.25) is 0 Å². The van der Waals surface area contributed by atoms with Gasteiger partial charge in [-0.3, -0.25) is 9.69 Å². The van der Waals surface area contributed by atoms with Crippen LogP contribution in [0.3, 0.4) is 0 Å². The van der Waals surface area contributed by atoms with E-state index < -0.39 is 11.6 Å². The smallest absolute Gasteiger partial charge is 0.325 e. The molecule has 5 nitrogen and oxygen atoms in total. The minimum Gasteiger partial charge on any atom is -0.468 e. The first-order chi connectivity index (χ1) is 6.94. The van der Waals surface area contributed by atoms with Crippen molar-refractivity contribution in [3.63, 3.8) is 0 Å². The predicted molar refractivity (Wildman–Crippen MR) is 54.5 cm³/mol. The number of carbonyl (C=O) groups is 1. The maximum atomic E-state index is 11.4. The van der Waals surface area contributed by atoms with Gasteiger partial charge >= 0.3 is 5.97 Å². The molecule has 1 saturated heterocycles. The number of rotatable bonds is 3. The maximum absolute atomic E-state index is 11.4. The van der Waals surface area contributed by atoms with Crippen molar-refractivity contribution in [2.45, 2.75) is 25.5 Å². The van der Waals surface area contributed by atoms with Crippen LogP contribution in [0.4, 0.5) is 0 Å². The Hall–Kier alpha value is -0.650. The van der Waals surface area contributed by atoms with E-state index in [1.165, 1.54) is 7.11 Å². The van der Waals surface area contributed by atoms with Crippen LogP contribution in [0.1, 0.15) is 13.8 Å². The third-order valence-corrected chi connectivity index (χ3v) is 2.30. The molecule has 15 heavy (non-hydrogen) atoms. The van der Waals surface area contributed by atoms with Gasteiger partial charge in [0.1, 0.15) is 6.04 Å². The molecule has 88 valence electrons. The number of morpholine rings is 1. The number of nitrogens with zero attached hydrogens (tertiary/aromatic N) is 1. The molecule has 1 unspecified atom stereocenters. The molecule has 0 spiro atoms. The monoisotopic (exact) mass is 217 g/mol. The van der Waals surface area contributed by atoms with Gasteiger partial charge in [0.25, 0.3) is 0 Å². The molecule has 5 heteroatoms. The summed E-state index contributed by atoms with van der Waals surface area (Å²) in [6.07, 6.45) is 0. The Morgan fingerprint density at radius 2 is 2.33 bits per heavy atom. The first-order valence-electron chi connectivity index (χ1n) is 5.06. The Balaban J connectivity index is 2.61. The average Bonchev–Trinajstić information content (AvgIpc) is 2.15. The van der Waals surface area contributed by atoms with E-state index in [0.29, 0.717) is 26.3 Å². The second kappa shape index (κ2) is 4.92. The molecule has 1 aliphatic rings. The average molecular weight is 217 g/mol. The Bertz CT molecular complexity index is 224. The molecule has 0 amide bonds. The zero-order valence-corrected chi connectivity index (χ0v) is 9.52. The number of hydrogen-bond donors (Lipinski definition) is 1. The van der Waals surface area contributed by atoms with Gasteiger partial charge in [0.15, 0.2) is 0 Å². The van der Waals surface area contributed by atoms with Gasteiger partial charge in [0.05, 0.1) is 25.9 Å². The molecule has 0 aromatic heterocycles. The van der Waals surface area contributed by atoms with E-state index in [1.807, 2.05) is 4.90 Å². The lowest BCUT2D eigenvalue weighted by atomic mass is 10.1. The van der Waals surface area contributed by atoms with Crippen molar-refractivity contribution in [1.82, 2.24) is 4.90 Å². The summed E-state index contributed by atoms with van der Waals surface area (Å²) in [4.78, 5) is 13.3. The van der Waals surface area contributed by atoms with Gasteiger partial charge in [-0.15, -0.1) is 0 Å². The van der Waals surface area contributed by atoms with Gasteiger partial charge in [0.2, 0.25) is 0 Å². The van der Waals surface area contributed by atoms with Crippen LogP contribution in [-0.4, -0.2) is 61.0 Å². The van der Waals surface area contributed by atoms with Gasteiger partial charge in [0, 0.05) is 13.1 Å². The van der Waals surface area contributed by atoms with Crippen molar-refractivity contribution in [2.75, 3.05) is 33.4 Å². The normalized spacial score (nSPS) is 23.9. The molecule has 1 atom stereocenters. The molecule has 1 heterocycles. The van der Waals surface area contributed by atoms with Gasteiger partial charge in [-0.1, -0.05) is 0 Å². The number of β-amino-alcohol motifs (C(OH)–C–C–N with tert-alkyl or cyclic N) is 1. The van der Waals surface area contributed by atoms with Crippen molar-refractivity contribution in [3.8, 4) is 0 Å². The van der Waals surface area contributed by atoms with Gasteiger partial charge in [-0.25, -0.2) is 0 Å². The maximum Gasteiger partial charge on any atom is 0.325 e. The predicted octanol–water partition coefficient (Wildman–Crippen LogP) is -0.369. The van der Waals surface area contributed by atoms with E-state index in [1.54, 1.807) is 13.8 Å². The summed E-state index contributed by atoms with van der Waals surface area (Å²) in [5.74, 6) is -0.307. The molecule has 0 aromatic rings. The largest absolute Gasteiger partial charge is 0.468 e. The van der Waals surface area contributed by atoms with E-state index in [-0.39, 0.29) is 5.97 Å². The minimum absolute atomic E-state index is 0.307. The highest BCUT2D eigenvalue weighted by molar-refractivity contribution is 5.75. The second-order valence-corrected chi connectivity index (χ2v) is 4.40. The number of aliphatic hydroxyl groups is 1. The Labute approximate surface area is 90.0 Å². The van der Waals surface area contributed by atoms with E-state index in [4.69, 9.17) is 9.47 Å². The van der Waals surface area contributed by atoms with Gasteiger partial charge in [-0.2, -0.15) is 0 Å². The quantitative estimate of drug-likeness (QED) is 0.654. The SMILES string of the molecule is COC(=O)C1COCCN1CC(C)(C)O. The standard InChI is InChI=1S/C10H19NO4/c1-10(2,13)7-11-4-5-15-6-8(11)9(12)14-3/h8,13H,4-7H2,1-3H3. The summed E-state index contributed by atoms with van der Waals surface area (Å²) in [6.45, 7) is 5.44. The summed E-state index contributed by atoms with van der Waals surface area (Å²) in [6, 6.07) is -0.393. The summed E-state index contributed by atoms with van der Waals surface area (Å²) >= 11 is 0. The molecule has 0 bridgehead atoms. The number of ether oxygens (including phenoxy) is 2. The fourth-order valence-electron chi connectivity index (χ4n) is 1.68. The minimum atomic E-state index is -0.816. The zero-order chi connectivity index (χ0) is 11.5. The summed E-state index contributed by atoms with van der Waals surface area (Å²) in [5.41, 5.74) is -0.816. The Morgan fingerprint density at radius 3 is 2.87 bits per heavy atom. The van der Waals surface area contributed by atoms with Crippen LogP contribution in [0.25, 0.3) is 0 Å². The first kappa shape index (κ1) is 12.4.